The van der Waals surface area contributed by atoms with Crippen molar-refractivity contribution < 1.29 is 9.32 Å². The lowest BCUT2D eigenvalue weighted by atomic mass is 10.2. The molecule has 130 valence electrons. The molecule has 7 heteroatoms. The third kappa shape index (κ3) is 4.24. The van der Waals surface area contributed by atoms with Crippen LogP contribution in [0, 0.1) is 6.92 Å². The van der Waals surface area contributed by atoms with Gasteiger partial charge in [0, 0.05) is 22.2 Å². The van der Waals surface area contributed by atoms with Gasteiger partial charge in [0.15, 0.2) is 0 Å². The Bertz CT molecular complexity index is 871. The summed E-state index contributed by atoms with van der Waals surface area (Å²) in [6.45, 7) is 6.02. The van der Waals surface area contributed by atoms with Crippen molar-refractivity contribution in [3.8, 4) is 22.2 Å². The molecule has 6 nitrogen and oxygen atoms in total. The highest BCUT2D eigenvalue weighted by atomic mass is 32.1. The van der Waals surface area contributed by atoms with Crippen molar-refractivity contribution in [1.29, 1.82) is 0 Å². The Balaban J connectivity index is 1.75. The zero-order valence-electron chi connectivity index (χ0n) is 14.4. The van der Waals surface area contributed by atoms with Crippen molar-refractivity contribution in [2.24, 2.45) is 0 Å². The van der Waals surface area contributed by atoms with Crippen LogP contribution in [0.1, 0.15) is 25.1 Å². The predicted octanol–water partition coefficient (Wildman–Crippen LogP) is 4.69. The third-order valence-electron chi connectivity index (χ3n) is 3.75. The number of urea groups is 1. The van der Waals surface area contributed by atoms with Gasteiger partial charge >= 0.3 is 6.03 Å². The number of hydrogen-bond donors (Lipinski definition) is 2. The van der Waals surface area contributed by atoms with Gasteiger partial charge in [-0.1, -0.05) is 24.2 Å². The Morgan fingerprint density at radius 3 is 2.88 bits per heavy atom. The molecule has 3 rings (SSSR count). The Hall–Kier alpha value is -2.67. The standard InChI is InChI=1S/C18H20N4O2S/c1-4-11(2)19-18(23)20-14-7-5-6-13(10-14)16-21-17(24-22-16)15-9-8-12(3)25-15/h5-11H,4H2,1-3H3,(H2,19,20,23)/t11-/m1/s1. The van der Waals surface area contributed by atoms with Crippen molar-refractivity contribution in [1.82, 2.24) is 15.5 Å². The van der Waals surface area contributed by atoms with Crippen LogP contribution in [0.3, 0.4) is 0 Å². The molecular weight excluding hydrogens is 336 g/mol. The van der Waals surface area contributed by atoms with E-state index < -0.39 is 0 Å². The Morgan fingerprint density at radius 1 is 1.32 bits per heavy atom. The lowest BCUT2D eigenvalue weighted by Gasteiger charge is -2.12. The van der Waals surface area contributed by atoms with Crippen molar-refractivity contribution in [3.63, 3.8) is 0 Å². The number of carbonyl (C=O) groups excluding carboxylic acids is 1. The predicted molar refractivity (Wildman–Crippen MR) is 99.7 cm³/mol. The van der Waals surface area contributed by atoms with Crippen LogP contribution in [0.5, 0.6) is 0 Å². The largest absolute Gasteiger partial charge is 0.335 e. The normalized spacial score (nSPS) is 12.0. The summed E-state index contributed by atoms with van der Waals surface area (Å²) in [6.07, 6.45) is 0.876. The van der Waals surface area contributed by atoms with Gasteiger partial charge in [-0.3, -0.25) is 0 Å². The maximum atomic E-state index is 12.0. The summed E-state index contributed by atoms with van der Waals surface area (Å²) >= 11 is 1.61. The number of nitrogens with one attached hydrogen (secondary N) is 2. The van der Waals surface area contributed by atoms with E-state index in [2.05, 4.69) is 20.8 Å². The topological polar surface area (TPSA) is 80.0 Å². The van der Waals surface area contributed by atoms with Gasteiger partial charge in [0.25, 0.3) is 5.89 Å². The van der Waals surface area contributed by atoms with Crippen LogP contribution >= 0.6 is 11.3 Å². The average Bonchev–Trinajstić information content (AvgIpc) is 3.23. The molecule has 2 aromatic heterocycles. The number of aromatic nitrogens is 2. The van der Waals surface area contributed by atoms with Gasteiger partial charge in [0.05, 0.1) is 4.88 Å². The van der Waals surface area contributed by atoms with Gasteiger partial charge in [-0.2, -0.15) is 4.98 Å². The summed E-state index contributed by atoms with van der Waals surface area (Å²) in [5, 5.41) is 9.74. The molecule has 0 spiro atoms. The molecule has 3 aromatic rings. The third-order valence-corrected chi connectivity index (χ3v) is 4.73. The van der Waals surface area contributed by atoms with E-state index in [1.54, 1.807) is 11.3 Å². The molecule has 25 heavy (non-hydrogen) atoms. The summed E-state index contributed by atoms with van der Waals surface area (Å²) in [5.41, 5.74) is 1.46. The van der Waals surface area contributed by atoms with E-state index in [-0.39, 0.29) is 12.1 Å². The summed E-state index contributed by atoms with van der Waals surface area (Å²) < 4.78 is 5.36. The van der Waals surface area contributed by atoms with E-state index in [0.717, 1.165) is 16.9 Å². The Kier molecular flexibility index (Phi) is 5.14. The van der Waals surface area contributed by atoms with E-state index >= 15 is 0 Å². The zero-order chi connectivity index (χ0) is 17.8. The average molecular weight is 356 g/mol. The van der Waals surface area contributed by atoms with Crippen molar-refractivity contribution in [2.75, 3.05) is 5.32 Å². The second-order valence-corrected chi connectivity index (χ2v) is 7.11. The molecular formula is C18H20N4O2S. The molecule has 2 amide bonds. The minimum atomic E-state index is -0.227. The number of rotatable bonds is 5. The quantitative estimate of drug-likeness (QED) is 0.695. The highest BCUT2D eigenvalue weighted by Gasteiger charge is 2.13. The number of hydrogen-bond acceptors (Lipinski definition) is 5. The maximum Gasteiger partial charge on any atom is 0.319 e. The molecule has 0 saturated heterocycles. The summed E-state index contributed by atoms with van der Waals surface area (Å²) in [7, 11) is 0. The highest BCUT2D eigenvalue weighted by molar-refractivity contribution is 7.15. The first kappa shape index (κ1) is 17.2. The van der Waals surface area contributed by atoms with E-state index in [0.29, 0.717) is 17.4 Å². The molecule has 1 atom stereocenters. The Labute approximate surface area is 150 Å². The fourth-order valence-electron chi connectivity index (χ4n) is 2.22. The minimum absolute atomic E-state index is 0.122. The van der Waals surface area contributed by atoms with Crippen LogP contribution in [0.4, 0.5) is 10.5 Å². The van der Waals surface area contributed by atoms with Crippen LogP contribution in [0.2, 0.25) is 0 Å². The molecule has 0 aliphatic carbocycles. The SMILES string of the molecule is CC[C@@H](C)NC(=O)Nc1cccc(-c2noc(-c3ccc(C)s3)n2)c1. The van der Waals surface area contributed by atoms with E-state index in [1.165, 1.54) is 4.88 Å². The van der Waals surface area contributed by atoms with Crippen LogP contribution in [0.25, 0.3) is 22.2 Å². The lowest BCUT2D eigenvalue weighted by molar-refractivity contribution is 0.249. The van der Waals surface area contributed by atoms with E-state index in [4.69, 9.17) is 4.52 Å². The molecule has 2 N–H and O–H groups in total. The lowest BCUT2D eigenvalue weighted by Crippen LogP contribution is -2.35. The van der Waals surface area contributed by atoms with Gasteiger partial charge in [-0.25, -0.2) is 4.79 Å². The van der Waals surface area contributed by atoms with Gasteiger partial charge in [-0.15, -0.1) is 11.3 Å². The van der Waals surface area contributed by atoms with Crippen LogP contribution in [0.15, 0.2) is 40.9 Å². The van der Waals surface area contributed by atoms with Gasteiger partial charge in [0.2, 0.25) is 5.82 Å². The number of anilines is 1. The van der Waals surface area contributed by atoms with Crippen LogP contribution < -0.4 is 10.6 Å². The first-order chi connectivity index (χ1) is 12.0. The van der Waals surface area contributed by atoms with Gasteiger partial charge in [-0.05, 0) is 44.5 Å². The first-order valence-corrected chi connectivity index (χ1v) is 8.95. The van der Waals surface area contributed by atoms with E-state index in [9.17, 15) is 4.79 Å². The van der Waals surface area contributed by atoms with Crippen molar-refractivity contribution >= 4 is 23.1 Å². The second kappa shape index (κ2) is 7.48. The van der Waals surface area contributed by atoms with Gasteiger partial charge in [0.1, 0.15) is 0 Å². The summed E-state index contributed by atoms with van der Waals surface area (Å²) in [4.78, 5) is 18.5. The number of carbonyl (C=O) groups is 1. The van der Waals surface area contributed by atoms with Crippen LogP contribution in [-0.4, -0.2) is 22.2 Å². The first-order valence-electron chi connectivity index (χ1n) is 8.13. The van der Waals surface area contributed by atoms with Crippen molar-refractivity contribution in [3.05, 3.63) is 41.3 Å². The molecule has 0 unspecified atom stereocenters. The maximum absolute atomic E-state index is 12.0. The molecule has 2 heterocycles. The summed E-state index contributed by atoms with van der Waals surface area (Å²) in [6, 6.07) is 11.3. The van der Waals surface area contributed by atoms with Crippen LogP contribution in [-0.2, 0) is 0 Å². The van der Waals surface area contributed by atoms with Gasteiger partial charge < -0.3 is 15.2 Å². The smallest absolute Gasteiger partial charge is 0.319 e. The molecule has 1 aromatic carbocycles. The molecule has 0 saturated carbocycles. The molecule has 0 radical (unpaired) electrons. The number of nitrogens with zero attached hydrogens (tertiary/aromatic N) is 2. The molecule has 0 fully saturated rings. The van der Waals surface area contributed by atoms with Crippen molar-refractivity contribution in [2.45, 2.75) is 33.2 Å². The number of aryl methyl sites for hydroxylation is 1. The second-order valence-electron chi connectivity index (χ2n) is 5.82. The number of amides is 2. The zero-order valence-corrected chi connectivity index (χ0v) is 15.2. The highest BCUT2D eigenvalue weighted by Crippen LogP contribution is 2.28. The summed E-state index contributed by atoms with van der Waals surface area (Å²) in [5.74, 6) is 0.994. The molecule has 0 bridgehead atoms. The number of thiophene rings is 1. The fourth-order valence-corrected chi connectivity index (χ4v) is 3.01. The number of benzene rings is 1. The molecule has 0 aliphatic heterocycles. The fraction of sp³-hybridized carbons (Fsp3) is 0.278. The van der Waals surface area contributed by atoms with E-state index in [1.807, 2.05) is 57.2 Å². The Morgan fingerprint density at radius 2 is 2.16 bits per heavy atom. The monoisotopic (exact) mass is 356 g/mol. The minimum Gasteiger partial charge on any atom is -0.335 e. The molecule has 0 aliphatic rings.